The van der Waals surface area contributed by atoms with Crippen LogP contribution in [-0.4, -0.2) is 20.6 Å². The third kappa shape index (κ3) is 2.57. The van der Waals surface area contributed by atoms with E-state index in [1.54, 1.807) is 12.5 Å². The molecule has 0 aliphatic rings. The molecule has 4 nitrogen and oxygen atoms in total. The number of imidazole rings is 1. The van der Waals surface area contributed by atoms with Crippen LogP contribution in [0.2, 0.25) is 0 Å². The summed E-state index contributed by atoms with van der Waals surface area (Å²) in [6, 6.07) is 0.339. The third-order valence-electron chi connectivity index (χ3n) is 1.90. The summed E-state index contributed by atoms with van der Waals surface area (Å²) in [5, 5.41) is 8.51. The summed E-state index contributed by atoms with van der Waals surface area (Å²) in [6.45, 7) is 4.10. The molecule has 0 aliphatic heterocycles. The third-order valence-corrected chi connectivity index (χ3v) is 1.90. The molecule has 13 heavy (non-hydrogen) atoms. The standard InChI is InChI=1S/C9H14N2O2/c1-7(2)11-6-10-5-8(11)3-4-9(12)13/h5-7H,3-4H2,1-2H3,(H,12,13). The molecular weight excluding hydrogens is 168 g/mol. The van der Waals surface area contributed by atoms with Gasteiger partial charge in [-0.25, -0.2) is 4.98 Å². The molecule has 1 heterocycles. The van der Waals surface area contributed by atoms with Crippen molar-refractivity contribution in [3.05, 3.63) is 18.2 Å². The minimum Gasteiger partial charge on any atom is -0.481 e. The van der Waals surface area contributed by atoms with Crippen molar-refractivity contribution >= 4 is 5.97 Å². The van der Waals surface area contributed by atoms with Crippen molar-refractivity contribution in [2.24, 2.45) is 0 Å². The second-order valence-corrected chi connectivity index (χ2v) is 3.28. The first-order chi connectivity index (χ1) is 6.11. The van der Waals surface area contributed by atoms with Crippen LogP contribution in [0.15, 0.2) is 12.5 Å². The second kappa shape index (κ2) is 4.07. The van der Waals surface area contributed by atoms with Crippen LogP contribution in [0.3, 0.4) is 0 Å². The molecule has 0 amide bonds. The fourth-order valence-electron chi connectivity index (χ4n) is 1.23. The lowest BCUT2D eigenvalue weighted by atomic mass is 10.2. The van der Waals surface area contributed by atoms with Crippen LogP contribution in [-0.2, 0) is 11.2 Å². The number of aryl methyl sites for hydroxylation is 1. The molecule has 4 heteroatoms. The van der Waals surface area contributed by atoms with Gasteiger partial charge in [-0.2, -0.15) is 0 Å². The highest BCUT2D eigenvalue weighted by Crippen LogP contribution is 2.10. The van der Waals surface area contributed by atoms with Crippen LogP contribution >= 0.6 is 0 Å². The molecule has 1 aromatic heterocycles. The average Bonchev–Trinajstić information content (AvgIpc) is 2.47. The Kier molecular flexibility index (Phi) is 3.06. The fraction of sp³-hybridized carbons (Fsp3) is 0.556. The summed E-state index contributed by atoms with van der Waals surface area (Å²) >= 11 is 0. The van der Waals surface area contributed by atoms with E-state index in [9.17, 15) is 4.79 Å². The number of aliphatic carboxylic acids is 1. The Hall–Kier alpha value is -1.32. The molecule has 0 fully saturated rings. The topological polar surface area (TPSA) is 55.1 Å². The molecule has 0 spiro atoms. The molecular formula is C9H14N2O2. The highest BCUT2D eigenvalue weighted by Gasteiger charge is 2.06. The zero-order valence-electron chi connectivity index (χ0n) is 7.90. The SMILES string of the molecule is CC(C)n1cncc1CCC(=O)O. The van der Waals surface area contributed by atoms with E-state index in [4.69, 9.17) is 5.11 Å². The van der Waals surface area contributed by atoms with Gasteiger partial charge in [0.15, 0.2) is 0 Å². The number of carboxylic acid groups (broad SMARTS) is 1. The van der Waals surface area contributed by atoms with Crippen LogP contribution in [0.1, 0.15) is 32.0 Å². The Balaban J connectivity index is 2.65. The molecule has 0 unspecified atom stereocenters. The van der Waals surface area contributed by atoms with Crippen LogP contribution < -0.4 is 0 Å². The van der Waals surface area contributed by atoms with Crippen molar-refractivity contribution in [1.82, 2.24) is 9.55 Å². The predicted octanol–water partition coefficient (Wildman–Crippen LogP) is 1.48. The van der Waals surface area contributed by atoms with Gasteiger partial charge in [0, 0.05) is 17.9 Å². The van der Waals surface area contributed by atoms with E-state index in [1.165, 1.54) is 0 Å². The number of nitrogens with zero attached hydrogens (tertiary/aromatic N) is 2. The van der Waals surface area contributed by atoms with Gasteiger partial charge < -0.3 is 9.67 Å². The molecule has 1 rings (SSSR count). The van der Waals surface area contributed by atoms with Crippen LogP contribution in [0.4, 0.5) is 0 Å². The number of carboxylic acids is 1. The average molecular weight is 182 g/mol. The van der Waals surface area contributed by atoms with Gasteiger partial charge in [0.2, 0.25) is 0 Å². The van der Waals surface area contributed by atoms with Crippen LogP contribution in [0.25, 0.3) is 0 Å². The van der Waals surface area contributed by atoms with Gasteiger partial charge in [-0.3, -0.25) is 4.79 Å². The lowest BCUT2D eigenvalue weighted by molar-refractivity contribution is -0.136. The van der Waals surface area contributed by atoms with E-state index in [1.807, 2.05) is 18.4 Å². The number of carbonyl (C=O) groups is 1. The highest BCUT2D eigenvalue weighted by molar-refractivity contribution is 5.66. The molecule has 1 N–H and O–H groups in total. The number of rotatable bonds is 4. The first-order valence-electron chi connectivity index (χ1n) is 4.33. The Bertz CT molecular complexity index is 292. The summed E-state index contributed by atoms with van der Waals surface area (Å²) in [5.41, 5.74) is 0.984. The van der Waals surface area contributed by atoms with Crippen LogP contribution in [0.5, 0.6) is 0 Å². The summed E-state index contributed by atoms with van der Waals surface area (Å²) in [4.78, 5) is 14.3. The van der Waals surface area contributed by atoms with Crippen molar-refractivity contribution in [2.45, 2.75) is 32.7 Å². The minimum atomic E-state index is -0.767. The van der Waals surface area contributed by atoms with Gasteiger partial charge in [0.05, 0.1) is 12.7 Å². The van der Waals surface area contributed by atoms with Crippen LogP contribution in [0, 0.1) is 0 Å². The maximum absolute atomic E-state index is 10.3. The maximum Gasteiger partial charge on any atom is 0.303 e. The summed E-state index contributed by atoms with van der Waals surface area (Å²) in [6.07, 6.45) is 4.18. The number of hydrogen-bond donors (Lipinski definition) is 1. The van der Waals surface area contributed by atoms with Crippen molar-refractivity contribution in [3.63, 3.8) is 0 Å². The predicted molar refractivity (Wildman–Crippen MR) is 48.6 cm³/mol. The van der Waals surface area contributed by atoms with Crippen molar-refractivity contribution in [1.29, 1.82) is 0 Å². The van der Waals surface area contributed by atoms with E-state index < -0.39 is 5.97 Å². The van der Waals surface area contributed by atoms with Crippen molar-refractivity contribution in [3.8, 4) is 0 Å². The molecule has 72 valence electrons. The van der Waals surface area contributed by atoms with Gasteiger partial charge >= 0.3 is 5.97 Å². The van der Waals surface area contributed by atoms with E-state index in [0.29, 0.717) is 12.5 Å². The lowest BCUT2D eigenvalue weighted by Crippen LogP contribution is -2.06. The summed E-state index contributed by atoms with van der Waals surface area (Å²) in [5.74, 6) is -0.767. The van der Waals surface area contributed by atoms with Gasteiger partial charge in [0.25, 0.3) is 0 Å². The fourth-order valence-corrected chi connectivity index (χ4v) is 1.23. The van der Waals surface area contributed by atoms with E-state index in [2.05, 4.69) is 4.98 Å². The smallest absolute Gasteiger partial charge is 0.303 e. The first-order valence-corrected chi connectivity index (χ1v) is 4.33. The zero-order valence-corrected chi connectivity index (χ0v) is 7.90. The molecule has 0 aliphatic carbocycles. The quantitative estimate of drug-likeness (QED) is 0.767. The van der Waals surface area contributed by atoms with Gasteiger partial charge in [-0.15, -0.1) is 0 Å². The Labute approximate surface area is 77.2 Å². The lowest BCUT2D eigenvalue weighted by Gasteiger charge is -2.10. The summed E-state index contributed by atoms with van der Waals surface area (Å²) in [7, 11) is 0. The maximum atomic E-state index is 10.3. The first kappa shape index (κ1) is 9.77. The van der Waals surface area contributed by atoms with Crippen molar-refractivity contribution < 1.29 is 9.90 Å². The van der Waals surface area contributed by atoms with Gasteiger partial charge in [0.1, 0.15) is 0 Å². The molecule has 0 bridgehead atoms. The normalized spacial score (nSPS) is 10.7. The molecule has 0 aromatic carbocycles. The van der Waals surface area contributed by atoms with Gasteiger partial charge in [-0.1, -0.05) is 0 Å². The monoisotopic (exact) mass is 182 g/mol. The molecule has 0 atom stereocenters. The largest absolute Gasteiger partial charge is 0.481 e. The number of hydrogen-bond acceptors (Lipinski definition) is 2. The Morgan fingerprint density at radius 3 is 2.92 bits per heavy atom. The van der Waals surface area contributed by atoms with E-state index in [-0.39, 0.29) is 6.42 Å². The minimum absolute atomic E-state index is 0.165. The summed E-state index contributed by atoms with van der Waals surface area (Å²) < 4.78 is 1.99. The molecule has 0 saturated heterocycles. The van der Waals surface area contributed by atoms with E-state index in [0.717, 1.165) is 5.69 Å². The molecule has 1 aromatic rings. The molecule has 0 saturated carbocycles. The Morgan fingerprint density at radius 2 is 2.38 bits per heavy atom. The molecule has 0 radical (unpaired) electrons. The highest BCUT2D eigenvalue weighted by atomic mass is 16.4. The zero-order chi connectivity index (χ0) is 9.84. The Morgan fingerprint density at radius 1 is 1.69 bits per heavy atom. The van der Waals surface area contributed by atoms with Crippen molar-refractivity contribution in [2.75, 3.05) is 0 Å². The van der Waals surface area contributed by atoms with Gasteiger partial charge in [-0.05, 0) is 20.3 Å². The number of aromatic nitrogens is 2. The van der Waals surface area contributed by atoms with E-state index >= 15 is 0 Å². The second-order valence-electron chi connectivity index (χ2n) is 3.28.